The number of aryl methyl sites for hydroxylation is 1. The highest BCUT2D eigenvalue weighted by Crippen LogP contribution is 2.45. The van der Waals surface area contributed by atoms with Gasteiger partial charge in [-0.1, -0.05) is 51.1 Å². The highest BCUT2D eigenvalue weighted by molar-refractivity contribution is 7.09. The third kappa shape index (κ3) is 5.37. The summed E-state index contributed by atoms with van der Waals surface area (Å²) in [6, 6.07) is 15.0. The van der Waals surface area contributed by atoms with Gasteiger partial charge in [0.15, 0.2) is 5.82 Å². The number of hydrogen-bond acceptors (Lipinski definition) is 6. The number of benzene rings is 2. The average molecular weight is 487 g/mol. The fourth-order valence-electron chi connectivity index (χ4n) is 5.29. The third-order valence-electron chi connectivity index (χ3n) is 7.03. The zero-order chi connectivity index (χ0) is 24.9. The smallest absolute Gasteiger partial charge is 0.173 e. The van der Waals surface area contributed by atoms with E-state index < -0.39 is 0 Å². The molecular weight excluding hydrogens is 452 g/mol. The summed E-state index contributed by atoms with van der Waals surface area (Å²) in [6.45, 7) is 7.59. The largest absolute Gasteiger partial charge is 0.303 e. The van der Waals surface area contributed by atoms with Crippen molar-refractivity contribution in [2.45, 2.75) is 58.9 Å². The van der Waals surface area contributed by atoms with Gasteiger partial charge in [0.05, 0.1) is 11.6 Å². The van der Waals surface area contributed by atoms with Crippen LogP contribution in [0.25, 0.3) is 22.0 Å². The molecule has 2 unspecified atom stereocenters. The lowest BCUT2D eigenvalue weighted by Gasteiger charge is -2.29. The van der Waals surface area contributed by atoms with Gasteiger partial charge in [0.25, 0.3) is 0 Å². The van der Waals surface area contributed by atoms with E-state index in [1.807, 2.05) is 12.1 Å². The summed E-state index contributed by atoms with van der Waals surface area (Å²) in [7, 11) is 2.16. The number of fused-ring (bicyclic) bond motifs is 1. The summed E-state index contributed by atoms with van der Waals surface area (Å²) in [5, 5.41) is 10.6. The first kappa shape index (κ1) is 25.2. The molecule has 0 amide bonds. The fraction of sp³-hybridized carbons (Fsp3) is 0.448. The lowest BCUT2D eigenvalue weighted by Crippen LogP contribution is -2.29. The summed E-state index contributed by atoms with van der Waals surface area (Å²) in [6.07, 6.45) is 5.55. The van der Waals surface area contributed by atoms with Gasteiger partial charge in [-0.15, -0.1) is 0 Å². The van der Waals surface area contributed by atoms with Gasteiger partial charge in [-0.2, -0.15) is 9.64 Å². The van der Waals surface area contributed by atoms with Crippen molar-refractivity contribution in [1.29, 1.82) is 5.26 Å². The summed E-state index contributed by atoms with van der Waals surface area (Å²) in [5.74, 6) is 1.55. The Morgan fingerprint density at radius 3 is 2.83 bits per heavy atom. The number of nitriles is 1. The lowest BCUT2D eigenvalue weighted by atomic mass is 9.96. The molecule has 4 rings (SSSR count). The Kier molecular flexibility index (Phi) is 8.10. The number of carbonyl (C=O) groups is 1. The Balaban J connectivity index is 1.65. The Labute approximate surface area is 213 Å². The molecule has 3 aromatic rings. The number of aromatic nitrogens is 2. The number of rotatable bonds is 10. The molecule has 2 aromatic carbocycles. The maximum absolute atomic E-state index is 11.4. The van der Waals surface area contributed by atoms with Crippen LogP contribution >= 0.6 is 11.5 Å². The van der Waals surface area contributed by atoms with Gasteiger partial charge in [-0.05, 0) is 85.4 Å². The second-order valence-electron chi connectivity index (χ2n) is 10.0. The van der Waals surface area contributed by atoms with Gasteiger partial charge < -0.3 is 4.79 Å². The Bertz CT molecular complexity index is 1230. The second-order valence-corrected chi connectivity index (χ2v) is 10.8. The molecule has 1 aliphatic rings. The van der Waals surface area contributed by atoms with Gasteiger partial charge in [0.2, 0.25) is 0 Å². The molecule has 0 fully saturated rings. The molecule has 0 saturated heterocycles. The average Bonchev–Trinajstić information content (AvgIpc) is 3.48. The number of nitrogens with zero attached hydrogens (tertiary/aromatic N) is 4. The van der Waals surface area contributed by atoms with Gasteiger partial charge in [0.1, 0.15) is 11.3 Å². The summed E-state index contributed by atoms with van der Waals surface area (Å²) in [4.78, 5) is 18.7. The van der Waals surface area contributed by atoms with Crippen molar-refractivity contribution in [3.8, 4) is 28.0 Å². The monoisotopic (exact) mass is 486 g/mol. The Morgan fingerprint density at radius 2 is 2.11 bits per heavy atom. The van der Waals surface area contributed by atoms with Crippen LogP contribution in [-0.2, 0) is 17.6 Å². The highest BCUT2D eigenvalue weighted by atomic mass is 32.1. The molecule has 5 nitrogen and oxygen atoms in total. The van der Waals surface area contributed by atoms with Crippen LogP contribution in [0.15, 0.2) is 36.4 Å². The molecule has 0 bridgehead atoms. The number of aldehydes is 1. The van der Waals surface area contributed by atoms with Crippen LogP contribution in [0, 0.1) is 23.2 Å². The van der Waals surface area contributed by atoms with E-state index >= 15 is 0 Å². The maximum Gasteiger partial charge on any atom is 0.173 e. The van der Waals surface area contributed by atoms with E-state index in [2.05, 4.69) is 67.4 Å². The minimum absolute atomic E-state index is 0.249. The quantitative estimate of drug-likeness (QED) is 0.307. The van der Waals surface area contributed by atoms with E-state index in [4.69, 9.17) is 4.98 Å². The standard InChI is InChI=1S/C29H34N4OS/c1-5-14-33(4)27-21(13-15-34)17-26-24(27)7-6-8-25(26)29-31-28(32-35-29)22-12-11-20(10-9-19(2)3)23(16-22)18-30/h6-8,11-12,15-16,19,21,27H,5,9-10,13-14,17H2,1-4H3. The zero-order valence-corrected chi connectivity index (χ0v) is 21.9. The van der Waals surface area contributed by atoms with Gasteiger partial charge in [0, 0.05) is 23.6 Å². The molecule has 0 spiro atoms. The summed E-state index contributed by atoms with van der Waals surface area (Å²) >= 11 is 1.40. The van der Waals surface area contributed by atoms with Crippen LogP contribution in [0.3, 0.4) is 0 Å². The molecule has 0 saturated carbocycles. The summed E-state index contributed by atoms with van der Waals surface area (Å²) < 4.78 is 4.66. The van der Waals surface area contributed by atoms with Crippen molar-refractivity contribution < 1.29 is 4.79 Å². The van der Waals surface area contributed by atoms with Crippen molar-refractivity contribution in [3.05, 3.63) is 58.7 Å². The zero-order valence-electron chi connectivity index (χ0n) is 21.1. The molecule has 2 atom stereocenters. The van der Waals surface area contributed by atoms with E-state index in [0.29, 0.717) is 23.7 Å². The first-order valence-electron chi connectivity index (χ1n) is 12.6. The predicted octanol–water partition coefficient (Wildman–Crippen LogP) is 6.48. The maximum atomic E-state index is 11.4. The Hall–Kier alpha value is -2.88. The van der Waals surface area contributed by atoms with Crippen LogP contribution in [0.2, 0.25) is 0 Å². The number of hydrogen-bond donors (Lipinski definition) is 0. The minimum atomic E-state index is 0.249. The Morgan fingerprint density at radius 1 is 1.29 bits per heavy atom. The molecule has 0 N–H and O–H groups in total. The van der Waals surface area contributed by atoms with Crippen LogP contribution in [-0.4, -0.2) is 34.1 Å². The first-order valence-corrected chi connectivity index (χ1v) is 13.4. The van der Waals surface area contributed by atoms with Gasteiger partial charge >= 0.3 is 0 Å². The van der Waals surface area contributed by atoms with Crippen LogP contribution in [0.4, 0.5) is 0 Å². The molecule has 0 radical (unpaired) electrons. The molecular formula is C29H34N4OS. The van der Waals surface area contributed by atoms with Crippen molar-refractivity contribution >= 4 is 17.8 Å². The van der Waals surface area contributed by atoms with Crippen molar-refractivity contribution in [3.63, 3.8) is 0 Å². The normalized spacial score (nSPS) is 17.1. The van der Waals surface area contributed by atoms with Crippen LogP contribution in [0.5, 0.6) is 0 Å². The number of carbonyl (C=O) groups excluding carboxylic acids is 1. The molecule has 6 heteroatoms. The SMILES string of the molecule is CCCN(C)C1c2cccc(-c3nc(-c4ccc(CCC(C)C)c(C#N)c4)ns3)c2CC1CC=O. The van der Waals surface area contributed by atoms with E-state index in [-0.39, 0.29) is 12.0 Å². The lowest BCUT2D eigenvalue weighted by molar-refractivity contribution is -0.109. The third-order valence-corrected chi connectivity index (χ3v) is 7.78. The van der Waals surface area contributed by atoms with E-state index in [1.165, 1.54) is 22.7 Å². The van der Waals surface area contributed by atoms with Crippen molar-refractivity contribution in [2.75, 3.05) is 13.6 Å². The topological polar surface area (TPSA) is 69.9 Å². The van der Waals surface area contributed by atoms with Crippen LogP contribution < -0.4 is 0 Å². The van der Waals surface area contributed by atoms with Gasteiger partial charge in [-0.3, -0.25) is 4.90 Å². The fourth-order valence-corrected chi connectivity index (χ4v) is 6.03. The molecule has 1 aliphatic carbocycles. The molecule has 1 heterocycles. The molecule has 0 aliphatic heterocycles. The van der Waals surface area contributed by atoms with E-state index in [0.717, 1.165) is 60.2 Å². The molecule has 1 aromatic heterocycles. The second kappa shape index (κ2) is 11.2. The predicted molar refractivity (Wildman–Crippen MR) is 142 cm³/mol. The highest BCUT2D eigenvalue weighted by Gasteiger charge is 2.36. The van der Waals surface area contributed by atoms with E-state index in [9.17, 15) is 10.1 Å². The van der Waals surface area contributed by atoms with E-state index in [1.54, 1.807) is 0 Å². The first-order chi connectivity index (χ1) is 17.0. The van der Waals surface area contributed by atoms with Crippen LogP contribution in [0.1, 0.15) is 68.3 Å². The molecule has 182 valence electrons. The minimum Gasteiger partial charge on any atom is -0.303 e. The van der Waals surface area contributed by atoms with Crippen molar-refractivity contribution in [1.82, 2.24) is 14.3 Å². The summed E-state index contributed by atoms with van der Waals surface area (Å²) in [5.41, 5.74) is 6.39. The molecule has 35 heavy (non-hydrogen) atoms. The van der Waals surface area contributed by atoms with Gasteiger partial charge in [-0.25, -0.2) is 4.98 Å². The van der Waals surface area contributed by atoms with Crippen molar-refractivity contribution in [2.24, 2.45) is 11.8 Å².